The first-order valence-corrected chi connectivity index (χ1v) is 7.70. The van der Waals surface area contributed by atoms with Gasteiger partial charge < -0.3 is 9.84 Å². The molecule has 0 atom stereocenters. The van der Waals surface area contributed by atoms with Crippen molar-refractivity contribution in [2.75, 3.05) is 26.2 Å². The van der Waals surface area contributed by atoms with Gasteiger partial charge in [-0.25, -0.2) is 0 Å². The zero-order valence-corrected chi connectivity index (χ0v) is 12.9. The Morgan fingerprint density at radius 1 is 1.30 bits per heavy atom. The molecule has 1 aliphatic rings. The Bertz CT molecular complexity index is 423. The van der Waals surface area contributed by atoms with Crippen molar-refractivity contribution < 1.29 is 9.84 Å². The monoisotopic (exact) mass is 277 g/mol. The van der Waals surface area contributed by atoms with Crippen molar-refractivity contribution >= 4 is 0 Å². The van der Waals surface area contributed by atoms with Crippen molar-refractivity contribution in [2.24, 2.45) is 0 Å². The van der Waals surface area contributed by atoms with Crippen LogP contribution in [0.4, 0.5) is 0 Å². The van der Waals surface area contributed by atoms with Gasteiger partial charge in [0.1, 0.15) is 12.4 Å². The number of benzene rings is 1. The van der Waals surface area contributed by atoms with Gasteiger partial charge >= 0.3 is 0 Å². The Labute approximate surface area is 122 Å². The van der Waals surface area contributed by atoms with Crippen LogP contribution >= 0.6 is 0 Å². The highest BCUT2D eigenvalue weighted by molar-refractivity contribution is 5.36. The van der Waals surface area contributed by atoms with Gasteiger partial charge in [-0.05, 0) is 48.9 Å². The molecule has 1 saturated heterocycles. The Hall–Kier alpha value is -1.06. The van der Waals surface area contributed by atoms with E-state index in [4.69, 9.17) is 4.74 Å². The van der Waals surface area contributed by atoms with Crippen LogP contribution in [-0.2, 0) is 0 Å². The minimum absolute atomic E-state index is 0.0987. The number of aryl methyl sites for hydroxylation is 1. The van der Waals surface area contributed by atoms with Crippen LogP contribution in [0.1, 0.15) is 43.7 Å². The molecule has 1 aromatic rings. The fraction of sp³-hybridized carbons (Fsp3) is 0.647. The van der Waals surface area contributed by atoms with Gasteiger partial charge in [0.25, 0.3) is 0 Å². The minimum Gasteiger partial charge on any atom is -0.492 e. The molecule has 1 aromatic carbocycles. The lowest BCUT2D eigenvalue weighted by molar-refractivity contribution is 0.0755. The summed E-state index contributed by atoms with van der Waals surface area (Å²) < 4.78 is 5.85. The van der Waals surface area contributed by atoms with Gasteiger partial charge in [0.05, 0.1) is 6.10 Å². The fourth-order valence-corrected chi connectivity index (χ4v) is 2.82. The molecule has 1 fully saturated rings. The summed E-state index contributed by atoms with van der Waals surface area (Å²) in [4.78, 5) is 2.36. The van der Waals surface area contributed by atoms with E-state index in [1.54, 1.807) is 0 Å². The van der Waals surface area contributed by atoms with Gasteiger partial charge in [-0.15, -0.1) is 0 Å². The summed E-state index contributed by atoms with van der Waals surface area (Å²) in [5.74, 6) is 1.52. The van der Waals surface area contributed by atoms with Crippen molar-refractivity contribution in [3.05, 3.63) is 29.3 Å². The molecule has 0 aliphatic carbocycles. The molecule has 1 aliphatic heterocycles. The summed E-state index contributed by atoms with van der Waals surface area (Å²) in [6.45, 7) is 10.2. The summed E-state index contributed by atoms with van der Waals surface area (Å²) in [7, 11) is 0. The molecule has 0 aromatic heterocycles. The lowest BCUT2D eigenvalue weighted by atomic mass is 9.98. The van der Waals surface area contributed by atoms with E-state index in [0.29, 0.717) is 5.92 Å². The van der Waals surface area contributed by atoms with Gasteiger partial charge in [0.2, 0.25) is 0 Å². The molecule has 20 heavy (non-hydrogen) atoms. The van der Waals surface area contributed by atoms with Crippen LogP contribution in [0.2, 0.25) is 0 Å². The predicted octanol–water partition coefficient (Wildman–Crippen LogP) is 2.95. The third kappa shape index (κ3) is 4.22. The SMILES string of the molecule is Cc1cc(OCCN2CCC(O)CC2)ccc1C(C)C. The molecule has 0 unspecified atom stereocenters. The maximum Gasteiger partial charge on any atom is 0.119 e. The number of nitrogens with zero attached hydrogens (tertiary/aromatic N) is 1. The smallest absolute Gasteiger partial charge is 0.119 e. The molecule has 0 amide bonds. The van der Waals surface area contributed by atoms with E-state index in [0.717, 1.165) is 44.8 Å². The second-order valence-electron chi connectivity index (χ2n) is 6.09. The molecule has 112 valence electrons. The van der Waals surface area contributed by atoms with Crippen molar-refractivity contribution in [1.82, 2.24) is 4.90 Å². The Kier molecular flexibility index (Phi) is 5.44. The van der Waals surface area contributed by atoms with Gasteiger partial charge in [-0.3, -0.25) is 4.90 Å². The molecule has 0 bridgehead atoms. The largest absolute Gasteiger partial charge is 0.492 e. The molecule has 0 saturated carbocycles. The predicted molar refractivity (Wildman–Crippen MR) is 82.4 cm³/mol. The molecular formula is C17H27NO2. The maximum absolute atomic E-state index is 9.47. The first-order valence-electron chi connectivity index (χ1n) is 7.70. The molecule has 3 nitrogen and oxygen atoms in total. The Balaban J connectivity index is 1.78. The number of hydrogen-bond acceptors (Lipinski definition) is 3. The van der Waals surface area contributed by atoms with E-state index in [2.05, 4.69) is 43.9 Å². The number of aliphatic hydroxyl groups is 1. The van der Waals surface area contributed by atoms with Crippen LogP contribution in [0.5, 0.6) is 5.75 Å². The average Bonchev–Trinajstić information content (AvgIpc) is 2.41. The normalized spacial score (nSPS) is 17.6. The summed E-state index contributed by atoms with van der Waals surface area (Å²) >= 11 is 0. The molecule has 2 rings (SSSR count). The molecular weight excluding hydrogens is 250 g/mol. The van der Waals surface area contributed by atoms with Crippen LogP contribution in [-0.4, -0.2) is 42.4 Å². The quantitative estimate of drug-likeness (QED) is 0.898. The van der Waals surface area contributed by atoms with Gasteiger partial charge in [-0.2, -0.15) is 0 Å². The Morgan fingerprint density at radius 2 is 2.00 bits per heavy atom. The van der Waals surface area contributed by atoms with E-state index in [1.165, 1.54) is 11.1 Å². The van der Waals surface area contributed by atoms with Gasteiger partial charge in [-0.1, -0.05) is 19.9 Å². The highest BCUT2D eigenvalue weighted by Gasteiger charge is 2.16. The number of piperidine rings is 1. The highest BCUT2D eigenvalue weighted by atomic mass is 16.5. The lowest BCUT2D eigenvalue weighted by Gasteiger charge is -2.29. The third-order valence-corrected chi connectivity index (χ3v) is 4.10. The van der Waals surface area contributed by atoms with Crippen LogP contribution in [0, 0.1) is 6.92 Å². The third-order valence-electron chi connectivity index (χ3n) is 4.10. The topological polar surface area (TPSA) is 32.7 Å². The summed E-state index contributed by atoms with van der Waals surface area (Å²) in [6, 6.07) is 6.38. The second kappa shape index (κ2) is 7.09. The number of rotatable bonds is 5. The lowest BCUT2D eigenvalue weighted by Crippen LogP contribution is -2.38. The van der Waals surface area contributed by atoms with E-state index >= 15 is 0 Å². The summed E-state index contributed by atoms with van der Waals surface area (Å²) in [5.41, 5.74) is 2.70. The zero-order valence-electron chi connectivity index (χ0n) is 12.9. The zero-order chi connectivity index (χ0) is 14.5. The molecule has 1 heterocycles. The van der Waals surface area contributed by atoms with E-state index in [9.17, 15) is 5.11 Å². The van der Waals surface area contributed by atoms with E-state index < -0.39 is 0 Å². The standard InChI is InChI=1S/C17H27NO2/c1-13(2)17-5-4-16(12-14(17)3)20-11-10-18-8-6-15(19)7-9-18/h4-5,12-13,15,19H,6-11H2,1-3H3. The van der Waals surface area contributed by atoms with Crippen LogP contribution in [0.3, 0.4) is 0 Å². The minimum atomic E-state index is -0.0987. The Morgan fingerprint density at radius 3 is 2.60 bits per heavy atom. The number of ether oxygens (including phenoxy) is 1. The van der Waals surface area contributed by atoms with Crippen LogP contribution in [0.25, 0.3) is 0 Å². The van der Waals surface area contributed by atoms with Crippen molar-refractivity contribution in [2.45, 2.75) is 45.6 Å². The van der Waals surface area contributed by atoms with Gasteiger partial charge in [0, 0.05) is 19.6 Å². The van der Waals surface area contributed by atoms with Crippen LogP contribution < -0.4 is 4.74 Å². The average molecular weight is 277 g/mol. The van der Waals surface area contributed by atoms with Crippen LogP contribution in [0.15, 0.2) is 18.2 Å². The second-order valence-corrected chi connectivity index (χ2v) is 6.09. The summed E-state index contributed by atoms with van der Waals surface area (Å²) in [5, 5.41) is 9.47. The molecule has 1 N–H and O–H groups in total. The molecule has 0 spiro atoms. The number of likely N-dealkylation sites (tertiary alicyclic amines) is 1. The summed E-state index contributed by atoms with van der Waals surface area (Å²) in [6.07, 6.45) is 1.68. The molecule has 3 heteroatoms. The van der Waals surface area contributed by atoms with E-state index in [-0.39, 0.29) is 6.10 Å². The number of hydrogen-bond donors (Lipinski definition) is 1. The fourth-order valence-electron chi connectivity index (χ4n) is 2.82. The maximum atomic E-state index is 9.47. The molecule has 0 radical (unpaired) electrons. The van der Waals surface area contributed by atoms with Crippen molar-refractivity contribution in [3.8, 4) is 5.75 Å². The first kappa shape index (κ1) is 15.3. The number of aliphatic hydroxyl groups excluding tert-OH is 1. The van der Waals surface area contributed by atoms with Crippen molar-refractivity contribution in [1.29, 1.82) is 0 Å². The van der Waals surface area contributed by atoms with E-state index in [1.807, 2.05) is 0 Å². The van der Waals surface area contributed by atoms with Gasteiger partial charge in [0.15, 0.2) is 0 Å². The first-order chi connectivity index (χ1) is 9.56. The highest BCUT2D eigenvalue weighted by Crippen LogP contribution is 2.23. The van der Waals surface area contributed by atoms with Crippen molar-refractivity contribution in [3.63, 3.8) is 0 Å².